The molecule has 1 unspecified atom stereocenters. The number of nitrogens with zero attached hydrogens (tertiary/aromatic N) is 2. The predicted octanol–water partition coefficient (Wildman–Crippen LogP) is 1.60. The SMILES string of the molecule is Cc1cc(C(O)Cc2ccco2)n(C)n1. The first kappa shape index (κ1) is 9.98. The summed E-state index contributed by atoms with van der Waals surface area (Å²) >= 11 is 0. The molecule has 0 saturated carbocycles. The van der Waals surface area contributed by atoms with Crippen LogP contribution in [0.3, 0.4) is 0 Å². The Morgan fingerprint density at radius 2 is 2.40 bits per heavy atom. The van der Waals surface area contributed by atoms with Gasteiger partial charge in [-0.2, -0.15) is 5.10 Å². The van der Waals surface area contributed by atoms with Crippen LogP contribution in [0.2, 0.25) is 0 Å². The van der Waals surface area contributed by atoms with Crippen molar-refractivity contribution in [1.82, 2.24) is 9.78 Å². The highest BCUT2D eigenvalue weighted by atomic mass is 16.3. The van der Waals surface area contributed by atoms with Gasteiger partial charge in [0.2, 0.25) is 0 Å². The van der Waals surface area contributed by atoms with Crippen molar-refractivity contribution in [3.8, 4) is 0 Å². The third-order valence-electron chi connectivity index (χ3n) is 2.35. The number of hydrogen-bond donors (Lipinski definition) is 1. The van der Waals surface area contributed by atoms with Crippen molar-refractivity contribution in [2.45, 2.75) is 19.4 Å². The first-order chi connectivity index (χ1) is 7.16. The normalized spacial score (nSPS) is 13.0. The molecule has 2 aromatic heterocycles. The lowest BCUT2D eigenvalue weighted by atomic mass is 10.1. The van der Waals surface area contributed by atoms with E-state index >= 15 is 0 Å². The zero-order chi connectivity index (χ0) is 10.8. The van der Waals surface area contributed by atoms with Gasteiger partial charge in [-0.3, -0.25) is 4.68 Å². The van der Waals surface area contributed by atoms with Gasteiger partial charge in [-0.1, -0.05) is 0 Å². The third kappa shape index (κ3) is 2.10. The Hall–Kier alpha value is -1.55. The highest BCUT2D eigenvalue weighted by molar-refractivity contribution is 5.13. The molecule has 1 N–H and O–H groups in total. The van der Waals surface area contributed by atoms with Gasteiger partial charge in [0.25, 0.3) is 0 Å². The highest BCUT2D eigenvalue weighted by Gasteiger charge is 2.14. The highest BCUT2D eigenvalue weighted by Crippen LogP contribution is 2.18. The fourth-order valence-electron chi connectivity index (χ4n) is 1.67. The molecule has 4 nitrogen and oxygen atoms in total. The zero-order valence-corrected chi connectivity index (χ0v) is 8.84. The Morgan fingerprint density at radius 3 is 2.93 bits per heavy atom. The van der Waals surface area contributed by atoms with Crippen molar-refractivity contribution in [1.29, 1.82) is 0 Å². The lowest BCUT2D eigenvalue weighted by Gasteiger charge is -2.08. The molecule has 0 saturated heterocycles. The molecule has 80 valence electrons. The monoisotopic (exact) mass is 206 g/mol. The summed E-state index contributed by atoms with van der Waals surface area (Å²) < 4.78 is 6.88. The molecule has 0 bridgehead atoms. The maximum absolute atomic E-state index is 9.97. The van der Waals surface area contributed by atoms with Gasteiger partial charge >= 0.3 is 0 Å². The Labute approximate surface area is 88.1 Å². The van der Waals surface area contributed by atoms with Gasteiger partial charge in [0.05, 0.1) is 17.7 Å². The van der Waals surface area contributed by atoms with E-state index in [2.05, 4.69) is 5.10 Å². The Balaban J connectivity index is 2.14. The minimum Gasteiger partial charge on any atom is -0.469 e. The molecule has 1 atom stereocenters. The number of aryl methyl sites for hydroxylation is 2. The van der Waals surface area contributed by atoms with Gasteiger partial charge in [-0.05, 0) is 25.1 Å². The molecule has 0 aliphatic carbocycles. The molecular weight excluding hydrogens is 192 g/mol. The number of aromatic nitrogens is 2. The van der Waals surface area contributed by atoms with E-state index in [1.807, 2.05) is 32.2 Å². The van der Waals surface area contributed by atoms with Gasteiger partial charge in [-0.15, -0.1) is 0 Å². The van der Waals surface area contributed by atoms with Crippen LogP contribution in [0.5, 0.6) is 0 Å². The molecule has 2 aromatic rings. The van der Waals surface area contributed by atoms with E-state index in [1.165, 1.54) is 0 Å². The second-order valence-corrected chi connectivity index (χ2v) is 3.63. The summed E-state index contributed by atoms with van der Waals surface area (Å²) in [6, 6.07) is 5.55. The van der Waals surface area contributed by atoms with Crippen molar-refractivity contribution < 1.29 is 9.52 Å². The summed E-state index contributed by atoms with van der Waals surface area (Å²) in [6.07, 6.45) is 1.52. The molecule has 15 heavy (non-hydrogen) atoms. The van der Waals surface area contributed by atoms with Crippen LogP contribution >= 0.6 is 0 Å². The van der Waals surface area contributed by atoms with Crippen LogP contribution in [0, 0.1) is 6.92 Å². The van der Waals surface area contributed by atoms with E-state index in [0.717, 1.165) is 17.1 Å². The summed E-state index contributed by atoms with van der Waals surface area (Å²) in [7, 11) is 1.83. The fourth-order valence-corrected chi connectivity index (χ4v) is 1.67. The van der Waals surface area contributed by atoms with Gasteiger partial charge in [0, 0.05) is 13.5 Å². The Bertz CT molecular complexity index is 431. The van der Waals surface area contributed by atoms with Gasteiger partial charge in [0.15, 0.2) is 0 Å². The molecule has 0 spiro atoms. The molecule has 0 fully saturated rings. The van der Waals surface area contributed by atoms with E-state index in [0.29, 0.717) is 6.42 Å². The number of aliphatic hydroxyl groups is 1. The number of hydrogen-bond acceptors (Lipinski definition) is 3. The summed E-state index contributed by atoms with van der Waals surface area (Å²) in [6.45, 7) is 1.91. The molecule has 4 heteroatoms. The fraction of sp³-hybridized carbons (Fsp3) is 0.364. The van der Waals surface area contributed by atoms with Crippen LogP contribution in [0.25, 0.3) is 0 Å². The largest absolute Gasteiger partial charge is 0.469 e. The second kappa shape index (κ2) is 3.90. The lowest BCUT2D eigenvalue weighted by Crippen LogP contribution is -2.07. The summed E-state index contributed by atoms with van der Waals surface area (Å²) in [5, 5.41) is 14.2. The number of furan rings is 1. The minimum absolute atomic E-state index is 0.478. The predicted molar refractivity (Wildman–Crippen MR) is 55.3 cm³/mol. The Morgan fingerprint density at radius 1 is 1.60 bits per heavy atom. The maximum Gasteiger partial charge on any atom is 0.106 e. The standard InChI is InChI=1S/C11H14N2O2/c1-8-6-10(13(2)12-8)11(14)7-9-4-3-5-15-9/h3-6,11,14H,7H2,1-2H3. The summed E-state index contributed by atoms with van der Waals surface area (Å²) in [5.41, 5.74) is 1.72. The van der Waals surface area contributed by atoms with Crippen LogP contribution < -0.4 is 0 Å². The molecule has 0 aliphatic rings. The van der Waals surface area contributed by atoms with Crippen LogP contribution in [0.15, 0.2) is 28.9 Å². The quantitative estimate of drug-likeness (QED) is 0.829. The van der Waals surface area contributed by atoms with E-state index in [1.54, 1.807) is 10.9 Å². The van der Waals surface area contributed by atoms with Crippen molar-refractivity contribution in [2.75, 3.05) is 0 Å². The summed E-state index contributed by atoms with van der Waals surface area (Å²) in [4.78, 5) is 0. The first-order valence-electron chi connectivity index (χ1n) is 4.88. The smallest absolute Gasteiger partial charge is 0.106 e. The van der Waals surface area contributed by atoms with E-state index < -0.39 is 6.10 Å². The lowest BCUT2D eigenvalue weighted by molar-refractivity contribution is 0.161. The second-order valence-electron chi connectivity index (χ2n) is 3.63. The molecule has 2 rings (SSSR count). The van der Waals surface area contributed by atoms with Gasteiger partial charge in [0.1, 0.15) is 11.9 Å². The van der Waals surface area contributed by atoms with Crippen molar-refractivity contribution in [3.63, 3.8) is 0 Å². The molecule has 0 amide bonds. The first-order valence-corrected chi connectivity index (χ1v) is 4.88. The van der Waals surface area contributed by atoms with Gasteiger partial charge in [-0.25, -0.2) is 0 Å². The molecule has 2 heterocycles. The van der Waals surface area contributed by atoms with Crippen LogP contribution in [0.1, 0.15) is 23.3 Å². The minimum atomic E-state index is -0.567. The average Bonchev–Trinajstić information content (AvgIpc) is 2.75. The summed E-state index contributed by atoms with van der Waals surface area (Å²) in [5.74, 6) is 0.779. The van der Waals surface area contributed by atoms with Crippen LogP contribution in [-0.4, -0.2) is 14.9 Å². The van der Waals surface area contributed by atoms with E-state index in [-0.39, 0.29) is 0 Å². The van der Waals surface area contributed by atoms with Crippen LogP contribution in [0.4, 0.5) is 0 Å². The molecular formula is C11H14N2O2. The average molecular weight is 206 g/mol. The van der Waals surface area contributed by atoms with Crippen LogP contribution in [-0.2, 0) is 13.5 Å². The van der Waals surface area contributed by atoms with E-state index in [9.17, 15) is 5.11 Å². The van der Waals surface area contributed by atoms with Crippen molar-refractivity contribution >= 4 is 0 Å². The maximum atomic E-state index is 9.97. The van der Waals surface area contributed by atoms with Crippen molar-refractivity contribution in [2.24, 2.45) is 7.05 Å². The van der Waals surface area contributed by atoms with E-state index in [4.69, 9.17) is 4.42 Å². The third-order valence-corrected chi connectivity index (χ3v) is 2.35. The zero-order valence-electron chi connectivity index (χ0n) is 8.84. The topological polar surface area (TPSA) is 51.2 Å². The number of rotatable bonds is 3. The number of aliphatic hydroxyl groups excluding tert-OH is 1. The molecule has 0 aliphatic heterocycles. The molecule has 0 radical (unpaired) electrons. The molecule has 0 aromatic carbocycles. The van der Waals surface area contributed by atoms with Gasteiger partial charge < -0.3 is 9.52 Å². The van der Waals surface area contributed by atoms with Crippen molar-refractivity contribution in [3.05, 3.63) is 41.6 Å². The Kier molecular flexibility index (Phi) is 2.60.